The van der Waals surface area contributed by atoms with Gasteiger partial charge in [-0.2, -0.15) is 0 Å². The Hall–Kier alpha value is 0.172. The van der Waals surface area contributed by atoms with Crippen molar-refractivity contribution in [2.45, 2.75) is 152 Å². The van der Waals surface area contributed by atoms with Crippen molar-refractivity contribution < 1.29 is 3.79 Å². The number of hydrogen-bond acceptors (Lipinski definition) is 9. The number of rotatable bonds is 1. The van der Waals surface area contributed by atoms with Gasteiger partial charge in [-0.15, -0.1) is 0 Å². The molecule has 2 radical (unpaired) electrons. The minimum absolute atomic E-state index is 0.263. The Morgan fingerprint density at radius 2 is 0.619 bits per heavy atom. The molecular weight excluding hydrogens is 539 g/mol. The molecule has 10 heteroatoms. The zero-order valence-corrected chi connectivity index (χ0v) is 26.6. The van der Waals surface area contributed by atoms with Crippen LogP contribution >= 0.6 is 0 Å². The van der Waals surface area contributed by atoms with Crippen LogP contribution in [0.1, 0.15) is 96.3 Å². The average molecular weight is 595 g/mol. The third-order valence-corrected chi connectivity index (χ3v) is 14.4. The molecule has 5 saturated heterocycles. The van der Waals surface area contributed by atoms with E-state index in [1.807, 2.05) is 0 Å². The monoisotopic (exact) mass is 594 g/mol. The highest BCUT2D eigenvalue weighted by atomic mass is 27.1. The SMILES string of the molecule is [Al][O]C1CCCC2C3NC4NC(NC5NC(NC6NC(NC(N3)C12)C1CCCCC61)C1CCCCC51)C1CCCCC41. The van der Waals surface area contributed by atoms with Crippen LogP contribution in [0, 0.1) is 47.3 Å². The molecule has 9 aliphatic rings. The first-order valence-electron chi connectivity index (χ1n) is 18.2. The predicted molar refractivity (Wildman–Crippen MR) is 163 cm³/mol. The van der Waals surface area contributed by atoms with Gasteiger partial charge in [0, 0.05) is 12.0 Å². The van der Waals surface area contributed by atoms with Crippen molar-refractivity contribution in [3.63, 3.8) is 0 Å². The van der Waals surface area contributed by atoms with Crippen LogP contribution < -0.4 is 42.5 Å². The number of fused-ring (bicyclic) bond motifs is 20. The lowest BCUT2D eigenvalue weighted by atomic mass is 9.75. The van der Waals surface area contributed by atoms with Gasteiger partial charge in [0.2, 0.25) is 0 Å². The standard InChI is InChI=1S/C32H55N8O.Al/c41-23-15-7-14-22-24(23)32-39-30-21-13-6-5-12-20(21)28(37-30)35-26-17-9-2-1-8-16(17)25(33-26)34-27-18-10-3-4-11-19(18)29(36-27)38-31(22)40-32;/h16-40H,1-15H2;/q-1;+1. The van der Waals surface area contributed by atoms with Crippen molar-refractivity contribution in [2.24, 2.45) is 47.3 Å². The molecule has 8 N–H and O–H groups in total. The Kier molecular flexibility index (Phi) is 7.95. The number of hydrogen-bond donors (Lipinski definition) is 8. The largest absolute Gasteiger partial charge is 0.513 e. The molecule has 17 unspecified atom stereocenters. The summed E-state index contributed by atoms with van der Waals surface area (Å²) in [5.74, 6) is 5.33. The van der Waals surface area contributed by atoms with E-state index >= 15 is 0 Å². The molecule has 0 aromatic rings. The van der Waals surface area contributed by atoms with Gasteiger partial charge in [0.1, 0.15) is 0 Å². The van der Waals surface area contributed by atoms with Crippen molar-refractivity contribution in [1.29, 1.82) is 0 Å². The minimum atomic E-state index is 0.263. The molecular formula is C32H55AlN8O. The van der Waals surface area contributed by atoms with Gasteiger partial charge in [-0.25, -0.2) is 0 Å². The van der Waals surface area contributed by atoms with E-state index in [9.17, 15) is 0 Å². The second kappa shape index (κ2) is 11.8. The maximum atomic E-state index is 6.14. The topological polar surface area (TPSA) is 105 Å². The zero-order chi connectivity index (χ0) is 27.8. The maximum Gasteiger partial charge on any atom is 0.369 e. The molecule has 5 heterocycles. The molecule has 8 bridgehead atoms. The van der Waals surface area contributed by atoms with E-state index in [4.69, 9.17) is 3.79 Å². The van der Waals surface area contributed by atoms with Gasteiger partial charge in [-0.05, 0) is 92.8 Å². The maximum absolute atomic E-state index is 6.14. The fraction of sp³-hybridized carbons (Fsp3) is 1.00. The highest BCUT2D eigenvalue weighted by molar-refractivity contribution is 5.98. The lowest BCUT2D eigenvalue weighted by Gasteiger charge is -2.39. The van der Waals surface area contributed by atoms with Gasteiger partial charge in [-0.3, -0.25) is 42.5 Å². The fourth-order valence-electron chi connectivity index (χ4n) is 12.2. The molecule has 0 spiro atoms. The Morgan fingerprint density at radius 1 is 0.333 bits per heavy atom. The summed E-state index contributed by atoms with van der Waals surface area (Å²) >= 11 is 2.63. The first-order chi connectivity index (χ1) is 20.7. The lowest BCUT2D eigenvalue weighted by molar-refractivity contribution is 0.0486. The summed E-state index contributed by atoms with van der Waals surface area (Å²) in [6.45, 7) is 0. The van der Waals surface area contributed by atoms with E-state index in [1.54, 1.807) is 0 Å². The molecule has 0 aromatic heterocycles. The van der Waals surface area contributed by atoms with E-state index in [0.29, 0.717) is 84.8 Å². The molecule has 0 amide bonds. The first-order valence-corrected chi connectivity index (χ1v) is 18.7. The average Bonchev–Trinajstić information content (AvgIpc) is 3.76. The van der Waals surface area contributed by atoms with E-state index in [0.717, 1.165) is 11.8 Å². The van der Waals surface area contributed by atoms with Crippen molar-refractivity contribution in [2.75, 3.05) is 0 Å². The summed E-state index contributed by atoms with van der Waals surface area (Å²) in [6, 6.07) is 0. The summed E-state index contributed by atoms with van der Waals surface area (Å²) in [7, 11) is 0. The molecule has 232 valence electrons. The Morgan fingerprint density at radius 3 is 0.952 bits per heavy atom. The van der Waals surface area contributed by atoms with E-state index in [2.05, 4.69) is 59.2 Å². The molecule has 9 nitrogen and oxygen atoms in total. The van der Waals surface area contributed by atoms with Gasteiger partial charge in [0.15, 0.2) is 0 Å². The van der Waals surface area contributed by atoms with Crippen LogP contribution in [0.15, 0.2) is 0 Å². The third kappa shape index (κ3) is 4.81. The lowest BCUT2D eigenvalue weighted by Crippen LogP contribution is -2.62. The Labute approximate surface area is 261 Å². The highest BCUT2D eigenvalue weighted by Crippen LogP contribution is 2.46. The van der Waals surface area contributed by atoms with Gasteiger partial charge in [-0.1, -0.05) is 44.9 Å². The van der Waals surface area contributed by atoms with E-state index in [1.165, 1.54) is 96.3 Å². The second-order valence-corrected chi connectivity index (χ2v) is 16.1. The molecule has 5 aliphatic heterocycles. The summed E-state index contributed by atoms with van der Waals surface area (Å²) in [6.07, 6.45) is 23.2. The van der Waals surface area contributed by atoms with Gasteiger partial charge in [0.05, 0.1) is 49.3 Å². The van der Waals surface area contributed by atoms with Crippen LogP contribution in [0.5, 0.6) is 0 Å². The summed E-state index contributed by atoms with van der Waals surface area (Å²) in [5, 5.41) is 33.7. The van der Waals surface area contributed by atoms with Crippen molar-refractivity contribution >= 4 is 16.6 Å². The Bertz CT molecular complexity index is 975. The molecule has 0 aromatic carbocycles. The smallest absolute Gasteiger partial charge is 0.369 e. The van der Waals surface area contributed by atoms with Gasteiger partial charge in [0.25, 0.3) is 0 Å². The van der Waals surface area contributed by atoms with Crippen LogP contribution in [-0.4, -0.2) is 72.1 Å². The summed E-state index contributed by atoms with van der Waals surface area (Å²) < 4.78 is 6.14. The predicted octanol–water partition coefficient (Wildman–Crippen LogP) is 1.68. The molecule has 17 atom stereocenters. The molecule has 9 rings (SSSR count). The second-order valence-electron chi connectivity index (χ2n) is 15.8. The van der Waals surface area contributed by atoms with Crippen LogP contribution in [-0.2, 0) is 3.79 Å². The van der Waals surface area contributed by atoms with Crippen LogP contribution in [0.3, 0.4) is 0 Å². The summed E-state index contributed by atoms with van der Waals surface area (Å²) in [4.78, 5) is 0. The minimum Gasteiger partial charge on any atom is -0.513 e. The van der Waals surface area contributed by atoms with E-state index in [-0.39, 0.29) is 6.17 Å². The quantitative estimate of drug-likeness (QED) is 0.216. The first kappa shape index (κ1) is 28.4. The fourth-order valence-corrected chi connectivity index (χ4v) is 12.5. The molecule has 4 saturated carbocycles. The number of nitrogens with one attached hydrogen (secondary N) is 8. The van der Waals surface area contributed by atoms with Crippen LogP contribution in [0.2, 0.25) is 0 Å². The third-order valence-electron chi connectivity index (χ3n) is 14.0. The molecule has 42 heavy (non-hydrogen) atoms. The van der Waals surface area contributed by atoms with E-state index < -0.39 is 0 Å². The van der Waals surface area contributed by atoms with Crippen LogP contribution in [0.4, 0.5) is 0 Å². The van der Waals surface area contributed by atoms with Gasteiger partial charge < -0.3 is 3.79 Å². The molecule has 4 aliphatic carbocycles. The summed E-state index contributed by atoms with van der Waals surface area (Å²) in [5.41, 5.74) is 0. The highest BCUT2D eigenvalue weighted by Gasteiger charge is 2.55. The Balaban J connectivity index is 1.06. The van der Waals surface area contributed by atoms with Crippen LogP contribution in [0.25, 0.3) is 0 Å². The molecule has 9 fully saturated rings. The normalized spacial score (nSPS) is 57.2. The van der Waals surface area contributed by atoms with Crippen molar-refractivity contribution in [3.05, 3.63) is 0 Å². The zero-order valence-electron chi connectivity index (χ0n) is 25.4. The van der Waals surface area contributed by atoms with Crippen molar-refractivity contribution in [3.8, 4) is 0 Å². The van der Waals surface area contributed by atoms with Crippen molar-refractivity contribution in [1.82, 2.24) is 42.5 Å². The van der Waals surface area contributed by atoms with Gasteiger partial charge >= 0.3 is 16.6 Å².